The highest BCUT2D eigenvalue weighted by atomic mass is 32.1. The fourth-order valence-electron chi connectivity index (χ4n) is 2.19. The van der Waals surface area contributed by atoms with Gasteiger partial charge in [0.05, 0.1) is 0 Å². The number of urea groups is 1. The third-order valence-electron chi connectivity index (χ3n) is 3.32. The number of aliphatic imine (C=N–C) groups is 1. The van der Waals surface area contributed by atoms with Crippen molar-refractivity contribution in [1.82, 2.24) is 16.0 Å². The molecule has 0 aromatic heterocycles. The molecule has 0 saturated carbocycles. The summed E-state index contributed by atoms with van der Waals surface area (Å²) in [5.41, 5.74) is 0.929. The number of nitrogens with one attached hydrogen (secondary N) is 3. The van der Waals surface area contributed by atoms with Crippen molar-refractivity contribution in [1.29, 1.82) is 0 Å². The molecule has 2 atom stereocenters. The second-order valence-corrected chi connectivity index (χ2v) is 5.44. The van der Waals surface area contributed by atoms with Crippen molar-refractivity contribution in [3.63, 3.8) is 0 Å². The zero-order valence-corrected chi connectivity index (χ0v) is 13.6. The van der Waals surface area contributed by atoms with Crippen molar-refractivity contribution in [2.75, 3.05) is 12.3 Å². The topological polar surface area (TPSA) is 85.8 Å². The van der Waals surface area contributed by atoms with Crippen molar-refractivity contribution in [3.05, 3.63) is 11.8 Å². The number of aliphatic hydroxyl groups is 1. The molecule has 0 aromatic rings. The Kier molecular flexibility index (Phi) is 8.22. The van der Waals surface area contributed by atoms with Crippen LogP contribution in [0.3, 0.4) is 0 Å². The Morgan fingerprint density at radius 2 is 2.33 bits per heavy atom. The minimum atomic E-state index is -0.919. The van der Waals surface area contributed by atoms with Crippen LogP contribution < -0.4 is 16.0 Å². The first kappa shape index (κ1) is 17.8. The van der Waals surface area contributed by atoms with Crippen molar-refractivity contribution in [2.45, 2.75) is 45.8 Å². The molecule has 0 bridgehead atoms. The van der Waals surface area contributed by atoms with Gasteiger partial charge in [-0.2, -0.15) is 12.6 Å². The number of carbonyl (C=O) groups is 1. The molecule has 1 aliphatic heterocycles. The Morgan fingerprint density at radius 1 is 1.57 bits per heavy atom. The quantitative estimate of drug-likeness (QED) is 0.463. The Balaban J connectivity index is 2.60. The van der Waals surface area contributed by atoms with Gasteiger partial charge in [-0.25, -0.2) is 9.79 Å². The van der Waals surface area contributed by atoms with Gasteiger partial charge in [0, 0.05) is 18.0 Å². The minimum Gasteiger partial charge on any atom is -0.368 e. The highest BCUT2D eigenvalue weighted by Crippen LogP contribution is 2.22. The molecular weight excluding hydrogens is 288 g/mol. The number of aliphatic hydroxyl groups excluding tert-OH is 1. The molecule has 0 saturated heterocycles. The van der Waals surface area contributed by atoms with Gasteiger partial charge in [0.15, 0.2) is 6.23 Å². The van der Waals surface area contributed by atoms with Gasteiger partial charge < -0.3 is 15.7 Å². The lowest BCUT2D eigenvalue weighted by Gasteiger charge is -2.25. The number of hydrogen-bond acceptors (Lipinski definition) is 5. The van der Waals surface area contributed by atoms with Crippen LogP contribution in [0.1, 0.15) is 39.5 Å². The van der Waals surface area contributed by atoms with Crippen molar-refractivity contribution in [3.8, 4) is 0 Å². The maximum atomic E-state index is 11.6. The maximum absolute atomic E-state index is 11.6. The van der Waals surface area contributed by atoms with E-state index in [-0.39, 0.29) is 12.0 Å². The first-order valence-corrected chi connectivity index (χ1v) is 8.14. The number of hydrogen-bond donors (Lipinski definition) is 5. The lowest BCUT2D eigenvalue weighted by molar-refractivity contribution is 0.226. The molecule has 6 nitrogen and oxygen atoms in total. The number of thiol groups is 1. The van der Waals surface area contributed by atoms with E-state index < -0.39 is 6.23 Å². The lowest BCUT2D eigenvalue weighted by Crippen LogP contribution is -2.48. The average Bonchev–Trinajstić information content (AvgIpc) is 2.45. The first-order valence-electron chi connectivity index (χ1n) is 7.51. The largest absolute Gasteiger partial charge is 0.368 e. The van der Waals surface area contributed by atoms with E-state index in [0.717, 1.165) is 31.4 Å². The molecule has 0 aromatic carbocycles. The summed E-state index contributed by atoms with van der Waals surface area (Å²) in [7, 11) is 0. The Morgan fingerprint density at radius 3 is 2.95 bits per heavy atom. The molecule has 2 amide bonds. The number of rotatable bonds is 7. The van der Waals surface area contributed by atoms with Crippen LogP contribution >= 0.6 is 12.6 Å². The minimum absolute atomic E-state index is 0.284. The van der Waals surface area contributed by atoms with Gasteiger partial charge in [0.25, 0.3) is 0 Å². The summed E-state index contributed by atoms with van der Waals surface area (Å²) < 4.78 is 0. The van der Waals surface area contributed by atoms with Crippen LogP contribution in [0.25, 0.3) is 0 Å². The fourth-order valence-corrected chi connectivity index (χ4v) is 2.31. The normalized spacial score (nSPS) is 19.1. The summed E-state index contributed by atoms with van der Waals surface area (Å²) in [6, 6.07) is -0.356. The molecule has 0 fully saturated rings. The zero-order chi connectivity index (χ0) is 15.7. The number of nitrogens with zero attached hydrogens (tertiary/aromatic N) is 1. The van der Waals surface area contributed by atoms with Gasteiger partial charge in [-0.15, -0.1) is 0 Å². The van der Waals surface area contributed by atoms with Gasteiger partial charge in [-0.05, 0) is 24.8 Å². The molecule has 120 valence electrons. The summed E-state index contributed by atoms with van der Waals surface area (Å²) in [4.78, 5) is 15.6. The third-order valence-corrected chi connectivity index (χ3v) is 3.54. The first-order chi connectivity index (χ1) is 10.1. The number of guanidine groups is 1. The van der Waals surface area contributed by atoms with E-state index in [1.807, 2.05) is 0 Å². The lowest BCUT2D eigenvalue weighted by atomic mass is 9.94. The van der Waals surface area contributed by atoms with Gasteiger partial charge >= 0.3 is 6.03 Å². The molecule has 1 rings (SSSR count). The summed E-state index contributed by atoms with van der Waals surface area (Å²) in [6.45, 7) is 4.75. The molecule has 21 heavy (non-hydrogen) atoms. The smallest absolute Gasteiger partial charge is 0.321 e. The molecule has 1 heterocycles. The number of amides is 2. The Bertz CT molecular complexity index is 398. The molecular formula is C14H26N4O2S. The standard InChI is InChI=1S/C14H26N4O2S/c1-3-5-6-10(4-2)11-9-12(19)17-13(16-11)18-14(20)15-7-8-21/h9-10,12,19,21H,3-8H2,1-2H3,(H3,15,16,17,18,20). The van der Waals surface area contributed by atoms with Gasteiger partial charge in [-0.3, -0.25) is 5.32 Å². The molecule has 0 aliphatic carbocycles. The van der Waals surface area contributed by atoms with E-state index in [0.29, 0.717) is 18.2 Å². The summed E-state index contributed by atoms with van der Waals surface area (Å²) in [5, 5.41) is 18.2. The number of carbonyl (C=O) groups excluding carboxylic acids is 1. The average molecular weight is 314 g/mol. The van der Waals surface area contributed by atoms with Crippen LogP contribution in [-0.2, 0) is 0 Å². The Labute approximate surface area is 131 Å². The van der Waals surface area contributed by atoms with Gasteiger partial charge in [-0.1, -0.05) is 26.7 Å². The zero-order valence-electron chi connectivity index (χ0n) is 12.7. The van der Waals surface area contributed by atoms with Crippen LogP contribution in [0.2, 0.25) is 0 Å². The van der Waals surface area contributed by atoms with Crippen LogP contribution in [-0.4, -0.2) is 35.6 Å². The second-order valence-electron chi connectivity index (χ2n) is 4.99. The van der Waals surface area contributed by atoms with E-state index in [1.54, 1.807) is 6.08 Å². The highest BCUT2D eigenvalue weighted by molar-refractivity contribution is 7.80. The molecule has 1 aliphatic rings. The van der Waals surface area contributed by atoms with Crippen LogP contribution in [0, 0.1) is 5.92 Å². The summed E-state index contributed by atoms with van der Waals surface area (Å²) in [6.07, 6.45) is 5.09. The second kappa shape index (κ2) is 9.68. The predicted octanol–water partition coefficient (Wildman–Crippen LogP) is 1.59. The molecule has 0 spiro atoms. The van der Waals surface area contributed by atoms with Crippen molar-refractivity contribution in [2.24, 2.45) is 10.9 Å². The highest BCUT2D eigenvalue weighted by Gasteiger charge is 2.20. The summed E-state index contributed by atoms with van der Waals surface area (Å²) in [5.74, 6) is 1.19. The van der Waals surface area contributed by atoms with Crippen molar-refractivity contribution < 1.29 is 9.90 Å². The van der Waals surface area contributed by atoms with E-state index in [1.165, 1.54) is 0 Å². The van der Waals surface area contributed by atoms with Crippen molar-refractivity contribution >= 4 is 24.6 Å². The van der Waals surface area contributed by atoms with Crippen LogP contribution in [0.4, 0.5) is 4.79 Å². The molecule has 4 N–H and O–H groups in total. The summed E-state index contributed by atoms with van der Waals surface area (Å²) >= 11 is 4.02. The predicted molar refractivity (Wildman–Crippen MR) is 88.4 cm³/mol. The van der Waals surface area contributed by atoms with Gasteiger partial charge in [0.1, 0.15) is 0 Å². The van der Waals surface area contributed by atoms with E-state index >= 15 is 0 Å². The van der Waals surface area contributed by atoms with E-state index in [2.05, 4.69) is 47.4 Å². The van der Waals surface area contributed by atoms with E-state index in [4.69, 9.17) is 0 Å². The monoisotopic (exact) mass is 314 g/mol. The Hall–Kier alpha value is -1.21. The van der Waals surface area contributed by atoms with Crippen LogP contribution in [0.15, 0.2) is 16.8 Å². The molecule has 7 heteroatoms. The third kappa shape index (κ3) is 6.39. The number of unbranched alkanes of at least 4 members (excludes halogenated alkanes) is 1. The van der Waals surface area contributed by atoms with Crippen LogP contribution in [0.5, 0.6) is 0 Å². The molecule has 2 unspecified atom stereocenters. The SMILES string of the molecule is CCCCC(CC)C1=CC(O)N=C(NC(=O)NCCS)N1. The number of allylic oxidation sites excluding steroid dienone is 1. The fraction of sp³-hybridized carbons (Fsp3) is 0.714. The molecule has 0 radical (unpaired) electrons. The van der Waals surface area contributed by atoms with E-state index in [9.17, 15) is 9.90 Å². The maximum Gasteiger partial charge on any atom is 0.321 e. The van der Waals surface area contributed by atoms with Gasteiger partial charge in [0.2, 0.25) is 5.96 Å².